The summed E-state index contributed by atoms with van der Waals surface area (Å²) in [4.78, 5) is 0. The average Bonchev–Trinajstić information content (AvgIpc) is 1.84. The molecule has 0 aromatic rings. The second-order valence-corrected chi connectivity index (χ2v) is 2.55. The molecular formula is C6H7F6O. The molecule has 0 atom stereocenters. The SMILES string of the molecule is CCCC(F)(F)C(F)(F)C([O])(F)F. The Morgan fingerprint density at radius 2 is 1.38 bits per heavy atom. The van der Waals surface area contributed by atoms with E-state index in [9.17, 15) is 31.4 Å². The first-order valence-electron chi connectivity index (χ1n) is 3.40. The Labute approximate surface area is 70.4 Å². The zero-order valence-electron chi connectivity index (χ0n) is 6.59. The van der Waals surface area contributed by atoms with Gasteiger partial charge in [-0.05, 0) is 0 Å². The molecule has 0 fully saturated rings. The first kappa shape index (κ1) is 12.5. The van der Waals surface area contributed by atoms with Crippen molar-refractivity contribution in [3.05, 3.63) is 0 Å². The molecule has 0 bridgehead atoms. The smallest absolute Gasteiger partial charge is 0.200 e. The highest BCUT2D eigenvalue weighted by Crippen LogP contribution is 2.46. The van der Waals surface area contributed by atoms with Crippen LogP contribution in [-0.4, -0.2) is 18.0 Å². The predicted octanol–water partition coefficient (Wildman–Crippen LogP) is 3.08. The Hall–Kier alpha value is -0.460. The Morgan fingerprint density at radius 3 is 1.62 bits per heavy atom. The van der Waals surface area contributed by atoms with E-state index in [0.29, 0.717) is 0 Å². The Kier molecular flexibility index (Phi) is 3.24. The highest BCUT2D eigenvalue weighted by molar-refractivity contribution is 4.89. The molecule has 0 aromatic heterocycles. The number of alkyl halides is 6. The molecule has 0 aromatic carbocycles. The van der Waals surface area contributed by atoms with Gasteiger partial charge in [0.05, 0.1) is 0 Å². The molecule has 0 aliphatic heterocycles. The van der Waals surface area contributed by atoms with Crippen LogP contribution in [0.5, 0.6) is 0 Å². The highest BCUT2D eigenvalue weighted by Gasteiger charge is 2.71. The maximum Gasteiger partial charge on any atom is 0.451 e. The molecule has 0 unspecified atom stereocenters. The van der Waals surface area contributed by atoms with Crippen molar-refractivity contribution in [1.29, 1.82) is 0 Å². The van der Waals surface area contributed by atoms with Crippen molar-refractivity contribution in [3.8, 4) is 0 Å². The molecule has 0 spiro atoms. The molecule has 79 valence electrons. The summed E-state index contributed by atoms with van der Waals surface area (Å²) in [6.07, 6.45) is -7.82. The zero-order chi connectivity index (χ0) is 10.9. The highest BCUT2D eigenvalue weighted by atomic mass is 19.3. The summed E-state index contributed by atoms with van der Waals surface area (Å²) in [5, 5.41) is 9.48. The summed E-state index contributed by atoms with van der Waals surface area (Å²) in [6, 6.07) is 0. The van der Waals surface area contributed by atoms with Crippen LogP contribution in [0.15, 0.2) is 0 Å². The molecule has 0 aliphatic carbocycles. The van der Waals surface area contributed by atoms with Gasteiger partial charge in [-0.25, -0.2) is 0 Å². The van der Waals surface area contributed by atoms with E-state index < -0.39 is 30.8 Å². The lowest BCUT2D eigenvalue weighted by Gasteiger charge is -2.27. The number of hydrogen-bond donors (Lipinski definition) is 0. The largest absolute Gasteiger partial charge is 0.451 e. The van der Waals surface area contributed by atoms with E-state index >= 15 is 0 Å². The molecule has 0 N–H and O–H groups in total. The van der Waals surface area contributed by atoms with E-state index in [4.69, 9.17) is 0 Å². The van der Waals surface area contributed by atoms with Crippen molar-refractivity contribution in [3.63, 3.8) is 0 Å². The second-order valence-electron chi connectivity index (χ2n) is 2.55. The van der Waals surface area contributed by atoms with E-state index in [-0.39, 0.29) is 0 Å². The van der Waals surface area contributed by atoms with E-state index in [2.05, 4.69) is 0 Å². The van der Waals surface area contributed by atoms with Gasteiger partial charge in [-0.3, -0.25) is 0 Å². The summed E-state index contributed by atoms with van der Waals surface area (Å²) in [6.45, 7) is 1.12. The fourth-order valence-corrected chi connectivity index (χ4v) is 0.684. The summed E-state index contributed by atoms with van der Waals surface area (Å²) in [5.74, 6) is -10.8. The lowest BCUT2D eigenvalue weighted by molar-refractivity contribution is -0.404. The Bertz CT molecular complexity index is 172. The normalized spacial score (nSPS) is 14.8. The van der Waals surface area contributed by atoms with Gasteiger partial charge < -0.3 is 0 Å². The van der Waals surface area contributed by atoms with Crippen LogP contribution in [0.2, 0.25) is 0 Å². The van der Waals surface area contributed by atoms with Crippen molar-refractivity contribution >= 4 is 0 Å². The van der Waals surface area contributed by atoms with Crippen molar-refractivity contribution in [2.75, 3.05) is 0 Å². The Morgan fingerprint density at radius 1 is 1.00 bits per heavy atom. The van der Waals surface area contributed by atoms with Gasteiger partial charge in [0.2, 0.25) is 0 Å². The van der Waals surface area contributed by atoms with E-state index in [1.54, 1.807) is 0 Å². The number of rotatable bonds is 4. The first-order valence-corrected chi connectivity index (χ1v) is 3.40. The maximum absolute atomic E-state index is 12.3. The van der Waals surface area contributed by atoms with Crippen LogP contribution in [0.4, 0.5) is 26.3 Å². The molecule has 0 amide bonds. The van der Waals surface area contributed by atoms with Crippen LogP contribution >= 0.6 is 0 Å². The van der Waals surface area contributed by atoms with E-state index in [1.165, 1.54) is 0 Å². The minimum absolute atomic E-state index is 0.418. The lowest BCUT2D eigenvalue weighted by Crippen LogP contribution is -2.53. The second kappa shape index (κ2) is 3.36. The average molecular weight is 209 g/mol. The van der Waals surface area contributed by atoms with Gasteiger partial charge >= 0.3 is 18.0 Å². The molecule has 13 heavy (non-hydrogen) atoms. The summed E-state index contributed by atoms with van der Waals surface area (Å²) in [5.41, 5.74) is 0. The monoisotopic (exact) mass is 209 g/mol. The van der Waals surface area contributed by atoms with Crippen molar-refractivity contribution in [2.24, 2.45) is 0 Å². The van der Waals surface area contributed by atoms with Crippen molar-refractivity contribution in [1.82, 2.24) is 0 Å². The predicted molar refractivity (Wildman–Crippen MR) is 30.4 cm³/mol. The van der Waals surface area contributed by atoms with Gasteiger partial charge in [-0.1, -0.05) is 13.3 Å². The van der Waals surface area contributed by atoms with E-state index in [0.717, 1.165) is 6.92 Å². The summed E-state index contributed by atoms with van der Waals surface area (Å²) >= 11 is 0. The van der Waals surface area contributed by atoms with Crippen LogP contribution in [0.25, 0.3) is 0 Å². The van der Waals surface area contributed by atoms with Gasteiger partial charge in [0.25, 0.3) is 0 Å². The van der Waals surface area contributed by atoms with Gasteiger partial charge in [0, 0.05) is 6.42 Å². The van der Waals surface area contributed by atoms with E-state index in [1.807, 2.05) is 0 Å². The molecule has 7 heteroatoms. The topological polar surface area (TPSA) is 19.9 Å². The first-order chi connectivity index (χ1) is 5.56. The molecule has 0 saturated heterocycles. The zero-order valence-corrected chi connectivity index (χ0v) is 6.59. The third kappa shape index (κ3) is 2.26. The fourth-order valence-electron chi connectivity index (χ4n) is 0.684. The van der Waals surface area contributed by atoms with Gasteiger partial charge in [-0.15, -0.1) is 0 Å². The van der Waals surface area contributed by atoms with Crippen LogP contribution in [-0.2, 0) is 5.11 Å². The standard InChI is InChI=1S/C6H7F6O/c1-2-3-4(7,8)5(9,10)6(11,12)13/h2-3H2,1H3. The van der Waals surface area contributed by atoms with Gasteiger partial charge in [-0.2, -0.15) is 31.4 Å². The van der Waals surface area contributed by atoms with Gasteiger partial charge in [0.1, 0.15) is 0 Å². The minimum atomic E-state index is -5.95. The number of halogens is 6. The maximum atomic E-state index is 12.3. The molecular weight excluding hydrogens is 202 g/mol. The molecule has 0 aliphatic rings. The minimum Gasteiger partial charge on any atom is -0.200 e. The summed E-state index contributed by atoms with van der Waals surface area (Å²) < 4.78 is 71.8. The van der Waals surface area contributed by atoms with Crippen LogP contribution in [0.3, 0.4) is 0 Å². The molecule has 0 heterocycles. The Balaban J connectivity index is 4.81. The third-order valence-electron chi connectivity index (χ3n) is 1.39. The van der Waals surface area contributed by atoms with Crippen LogP contribution in [0.1, 0.15) is 19.8 Å². The van der Waals surface area contributed by atoms with Crippen molar-refractivity contribution in [2.45, 2.75) is 37.7 Å². The quantitative estimate of drug-likeness (QED) is 0.634. The summed E-state index contributed by atoms with van der Waals surface area (Å²) in [7, 11) is 0. The van der Waals surface area contributed by atoms with Crippen LogP contribution < -0.4 is 0 Å². The fraction of sp³-hybridized carbons (Fsp3) is 1.00. The molecule has 1 radical (unpaired) electrons. The molecule has 0 rings (SSSR count). The molecule has 1 nitrogen and oxygen atoms in total. The van der Waals surface area contributed by atoms with Gasteiger partial charge in [0.15, 0.2) is 0 Å². The lowest BCUT2D eigenvalue weighted by atomic mass is 10.1. The van der Waals surface area contributed by atoms with Crippen LogP contribution in [0, 0.1) is 0 Å². The van der Waals surface area contributed by atoms with Crippen molar-refractivity contribution < 1.29 is 31.4 Å². The number of hydrogen-bond acceptors (Lipinski definition) is 0. The third-order valence-corrected chi connectivity index (χ3v) is 1.39. The molecule has 0 saturated carbocycles.